The molecule has 2 atom stereocenters. The number of amides is 1. The molecule has 0 radical (unpaired) electrons. The van der Waals surface area contributed by atoms with Crippen LogP contribution in [0.3, 0.4) is 0 Å². The number of hydrogen-bond acceptors (Lipinski definition) is 2. The van der Waals surface area contributed by atoms with E-state index in [4.69, 9.17) is 18.0 Å². The summed E-state index contributed by atoms with van der Waals surface area (Å²) in [5.74, 6) is 1.52. The largest absolute Gasteiger partial charge is 0.392 e. The highest BCUT2D eigenvalue weighted by atomic mass is 32.1. The Balaban J connectivity index is 1.78. The molecule has 0 aromatic heterocycles. The summed E-state index contributed by atoms with van der Waals surface area (Å²) in [6.45, 7) is 3.08. The zero-order valence-corrected chi connectivity index (χ0v) is 10.6. The van der Waals surface area contributed by atoms with Gasteiger partial charge in [0.2, 0.25) is 5.91 Å². The molecular weight excluding hydrogens is 220 g/mol. The van der Waals surface area contributed by atoms with E-state index in [2.05, 4.69) is 12.2 Å². The topological polar surface area (TPSA) is 55.1 Å². The standard InChI is InChI=1S/C12H20N2OS/c1-8-2-3-9(6-8)7-14-11(15)12(4-5-12)10(13)16/h8-9H,2-7H2,1H3,(H2,13,16)(H,14,15). The summed E-state index contributed by atoms with van der Waals surface area (Å²) < 4.78 is 0. The number of hydrogen-bond donors (Lipinski definition) is 2. The minimum absolute atomic E-state index is 0.0551. The predicted molar refractivity (Wildman–Crippen MR) is 68.0 cm³/mol. The second kappa shape index (κ2) is 4.32. The Bertz CT molecular complexity index is 312. The van der Waals surface area contributed by atoms with E-state index in [1.807, 2.05) is 0 Å². The molecule has 16 heavy (non-hydrogen) atoms. The van der Waals surface area contributed by atoms with Gasteiger partial charge >= 0.3 is 0 Å². The first-order valence-electron chi connectivity index (χ1n) is 6.13. The van der Waals surface area contributed by atoms with Gasteiger partial charge in [-0.05, 0) is 37.5 Å². The maximum Gasteiger partial charge on any atom is 0.233 e. The quantitative estimate of drug-likeness (QED) is 0.734. The molecule has 2 aliphatic rings. The van der Waals surface area contributed by atoms with Crippen LogP contribution in [-0.4, -0.2) is 17.4 Å². The van der Waals surface area contributed by atoms with Crippen molar-refractivity contribution < 1.29 is 4.79 Å². The van der Waals surface area contributed by atoms with Gasteiger partial charge in [0.05, 0.1) is 10.4 Å². The number of carbonyl (C=O) groups excluding carboxylic acids is 1. The molecule has 2 rings (SSSR count). The SMILES string of the molecule is CC1CCC(CNC(=O)C2(C(N)=S)CC2)C1. The van der Waals surface area contributed by atoms with Gasteiger partial charge in [0.15, 0.2) is 0 Å². The van der Waals surface area contributed by atoms with Crippen molar-refractivity contribution in [3.63, 3.8) is 0 Å². The number of nitrogens with one attached hydrogen (secondary N) is 1. The van der Waals surface area contributed by atoms with Gasteiger partial charge in [-0.25, -0.2) is 0 Å². The molecule has 3 N–H and O–H groups in total. The summed E-state index contributed by atoms with van der Waals surface area (Å²) in [5.41, 5.74) is 5.12. The molecule has 2 aliphatic carbocycles. The van der Waals surface area contributed by atoms with E-state index in [0.717, 1.165) is 25.3 Å². The summed E-state index contributed by atoms with van der Waals surface area (Å²) in [7, 11) is 0. The highest BCUT2D eigenvalue weighted by molar-refractivity contribution is 7.80. The minimum Gasteiger partial charge on any atom is -0.392 e. The molecule has 0 aromatic carbocycles. The lowest BCUT2D eigenvalue weighted by atomic mass is 10.0. The van der Waals surface area contributed by atoms with Crippen molar-refractivity contribution in [1.82, 2.24) is 5.32 Å². The third-order valence-corrected chi connectivity index (χ3v) is 4.40. The molecule has 0 spiro atoms. The number of carbonyl (C=O) groups is 1. The summed E-state index contributed by atoms with van der Waals surface area (Å²) in [6.07, 6.45) is 5.42. The fourth-order valence-electron chi connectivity index (χ4n) is 2.63. The van der Waals surface area contributed by atoms with Gasteiger partial charge in [-0.15, -0.1) is 0 Å². The van der Waals surface area contributed by atoms with Crippen LogP contribution >= 0.6 is 12.2 Å². The number of thiocarbonyl (C=S) groups is 1. The second-order valence-electron chi connectivity index (χ2n) is 5.44. The monoisotopic (exact) mass is 240 g/mol. The number of nitrogens with two attached hydrogens (primary N) is 1. The van der Waals surface area contributed by atoms with Gasteiger partial charge in [0.1, 0.15) is 0 Å². The van der Waals surface area contributed by atoms with Crippen molar-refractivity contribution in [3.8, 4) is 0 Å². The third-order valence-electron chi connectivity index (χ3n) is 4.01. The first-order chi connectivity index (χ1) is 7.54. The van der Waals surface area contributed by atoms with Gasteiger partial charge in [-0.1, -0.05) is 25.6 Å². The zero-order valence-electron chi connectivity index (χ0n) is 9.79. The molecule has 0 bridgehead atoms. The summed E-state index contributed by atoms with van der Waals surface area (Å²) in [6, 6.07) is 0. The van der Waals surface area contributed by atoms with Gasteiger partial charge in [-0.2, -0.15) is 0 Å². The average Bonchev–Trinajstić information content (AvgIpc) is 2.95. The maximum atomic E-state index is 11.9. The molecule has 0 aliphatic heterocycles. The third kappa shape index (κ3) is 2.21. The van der Waals surface area contributed by atoms with Crippen molar-refractivity contribution in [2.24, 2.45) is 23.0 Å². The Morgan fingerprint density at radius 1 is 1.50 bits per heavy atom. The fraction of sp³-hybridized carbons (Fsp3) is 0.833. The van der Waals surface area contributed by atoms with Crippen molar-refractivity contribution in [3.05, 3.63) is 0 Å². The van der Waals surface area contributed by atoms with Crippen LogP contribution in [-0.2, 0) is 4.79 Å². The molecular formula is C12H20N2OS. The average molecular weight is 240 g/mol. The van der Waals surface area contributed by atoms with E-state index in [1.54, 1.807) is 0 Å². The Labute approximate surface area is 102 Å². The molecule has 0 aromatic rings. The summed E-state index contributed by atoms with van der Waals surface area (Å²) in [5, 5.41) is 3.02. The van der Waals surface area contributed by atoms with Gasteiger partial charge in [0, 0.05) is 6.54 Å². The van der Waals surface area contributed by atoms with Crippen LogP contribution in [0.5, 0.6) is 0 Å². The van der Waals surface area contributed by atoms with Crippen molar-refractivity contribution in [1.29, 1.82) is 0 Å². The van der Waals surface area contributed by atoms with E-state index >= 15 is 0 Å². The minimum atomic E-state index is -0.487. The smallest absolute Gasteiger partial charge is 0.233 e. The van der Waals surface area contributed by atoms with Crippen LogP contribution < -0.4 is 11.1 Å². The molecule has 2 unspecified atom stereocenters. The molecule has 4 heteroatoms. The second-order valence-corrected chi connectivity index (χ2v) is 5.88. The predicted octanol–water partition coefficient (Wildman–Crippen LogP) is 1.61. The first kappa shape index (κ1) is 11.8. The molecule has 0 heterocycles. The normalized spacial score (nSPS) is 31.1. The highest BCUT2D eigenvalue weighted by Gasteiger charge is 2.52. The lowest BCUT2D eigenvalue weighted by molar-refractivity contribution is -0.124. The van der Waals surface area contributed by atoms with Crippen LogP contribution in [0.25, 0.3) is 0 Å². The van der Waals surface area contributed by atoms with Crippen molar-refractivity contribution in [2.45, 2.75) is 39.0 Å². The number of rotatable bonds is 4. The molecule has 1 amide bonds. The van der Waals surface area contributed by atoms with E-state index in [0.29, 0.717) is 10.9 Å². The fourth-order valence-corrected chi connectivity index (χ4v) is 2.92. The molecule has 2 fully saturated rings. The summed E-state index contributed by atoms with van der Waals surface area (Å²) >= 11 is 4.96. The highest BCUT2D eigenvalue weighted by Crippen LogP contribution is 2.46. The summed E-state index contributed by atoms with van der Waals surface area (Å²) in [4.78, 5) is 12.3. The molecule has 0 saturated heterocycles. The lowest BCUT2D eigenvalue weighted by Gasteiger charge is -2.16. The van der Waals surface area contributed by atoms with E-state index < -0.39 is 5.41 Å². The van der Waals surface area contributed by atoms with E-state index in [9.17, 15) is 4.79 Å². The lowest BCUT2D eigenvalue weighted by Crippen LogP contribution is -2.41. The van der Waals surface area contributed by atoms with Crippen LogP contribution in [0.4, 0.5) is 0 Å². The van der Waals surface area contributed by atoms with Crippen LogP contribution in [0, 0.1) is 17.3 Å². The maximum absolute atomic E-state index is 11.9. The molecule has 90 valence electrons. The van der Waals surface area contributed by atoms with Gasteiger partial charge < -0.3 is 11.1 Å². The van der Waals surface area contributed by atoms with E-state index in [-0.39, 0.29) is 5.91 Å². The Morgan fingerprint density at radius 3 is 2.62 bits per heavy atom. The van der Waals surface area contributed by atoms with Crippen LogP contribution in [0.2, 0.25) is 0 Å². The molecule has 3 nitrogen and oxygen atoms in total. The van der Waals surface area contributed by atoms with Crippen molar-refractivity contribution >= 4 is 23.1 Å². The zero-order chi connectivity index (χ0) is 11.8. The Morgan fingerprint density at radius 2 is 2.19 bits per heavy atom. The van der Waals surface area contributed by atoms with Gasteiger partial charge in [-0.3, -0.25) is 4.79 Å². The first-order valence-corrected chi connectivity index (χ1v) is 6.53. The molecule has 2 saturated carbocycles. The Hall–Kier alpha value is -0.640. The van der Waals surface area contributed by atoms with Crippen LogP contribution in [0.1, 0.15) is 39.0 Å². The Kier molecular flexibility index (Phi) is 3.19. The van der Waals surface area contributed by atoms with E-state index in [1.165, 1.54) is 19.3 Å². The van der Waals surface area contributed by atoms with Gasteiger partial charge in [0.25, 0.3) is 0 Å². The van der Waals surface area contributed by atoms with Crippen molar-refractivity contribution in [2.75, 3.05) is 6.54 Å². The van der Waals surface area contributed by atoms with Crippen LogP contribution in [0.15, 0.2) is 0 Å².